The van der Waals surface area contributed by atoms with E-state index in [9.17, 15) is 4.79 Å². The summed E-state index contributed by atoms with van der Waals surface area (Å²) in [5.74, 6) is -0.137. The number of benzene rings is 1. The lowest BCUT2D eigenvalue weighted by Crippen LogP contribution is -2.38. The molecule has 0 N–H and O–H groups in total. The monoisotopic (exact) mass is 247 g/mol. The summed E-state index contributed by atoms with van der Waals surface area (Å²) in [4.78, 5) is 13.7. The van der Waals surface area contributed by atoms with Crippen molar-refractivity contribution in [3.05, 3.63) is 29.3 Å². The van der Waals surface area contributed by atoms with Crippen LogP contribution in [0.3, 0.4) is 0 Å². The highest BCUT2D eigenvalue weighted by atomic mass is 16.5. The van der Waals surface area contributed by atoms with Crippen LogP contribution in [-0.4, -0.2) is 25.7 Å². The first kappa shape index (κ1) is 12.9. The Morgan fingerprint density at radius 1 is 1.50 bits per heavy atom. The van der Waals surface area contributed by atoms with Crippen molar-refractivity contribution in [3.63, 3.8) is 0 Å². The zero-order chi connectivity index (χ0) is 13.1. The second kappa shape index (κ2) is 5.42. The lowest BCUT2D eigenvalue weighted by atomic mass is 9.98. The van der Waals surface area contributed by atoms with Gasteiger partial charge in [0.05, 0.1) is 13.5 Å². The Labute approximate surface area is 109 Å². The molecule has 1 aliphatic rings. The van der Waals surface area contributed by atoms with E-state index in [1.54, 1.807) is 0 Å². The van der Waals surface area contributed by atoms with Crippen molar-refractivity contribution in [3.8, 4) is 0 Å². The number of fused-ring (bicyclic) bond motifs is 1. The van der Waals surface area contributed by atoms with Crippen molar-refractivity contribution >= 4 is 11.7 Å². The van der Waals surface area contributed by atoms with Crippen molar-refractivity contribution in [2.45, 2.75) is 39.2 Å². The molecule has 0 radical (unpaired) electrons. The summed E-state index contributed by atoms with van der Waals surface area (Å²) in [6.45, 7) is 5.23. The predicted molar refractivity (Wildman–Crippen MR) is 72.9 cm³/mol. The number of nitrogens with zero attached hydrogens (tertiary/aromatic N) is 1. The fourth-order valence-corrected chi connectivity index (χ4v) is 2.65. The molecule has 0 amide bonds. The van der Waals surface area contributed by atoms with Crippen molar-refractivity contribution in [1.29, 1.82) is 0 Å². The second-order valence-electron chi connectivity index (χ2n) is 5.06. The van der Waals surface area contributed by atoms with E-state index >= 15 is 0 Å². The molecule has 0 saturated carbocycles. The first-order chi connectivity index (χ1) is 8.61. The number of hydrogen-bond donors (Lipinski definition) is 0. The zero-order valence-electron chi connectivity index (χ0n) is 11.4. The summed E-state index contributed by atoms with van der Waals surface area (Å²) in [6.07, 6.45) is 2.74. The highest BCUT2D eigenvalue weighted by Gasteiger charge is 2.23. The zero-order valence-corrected chi connectivity index (χ0v) is 11.4. The summed E-state index contributed by atoms with van der Waals surface area (Å²) in [6, 6.07) is 6.77. The Bertz CT molecular complexity index is 442. The number of hydrogen-bond acceptors (Lipinski definition) is 3. The number of aryl methyl sites for hydroxylation is 2. The van der Waals surface area contributed by atoms with Gasteiger partial charge >= 0.3 is 5.97 Å². The number of carbonyl (C=O) groups excluding carboxylic acids is 1. The lowest BCUT2D eigenvalue weighted by molar-refractivity contribution is -0.140. The number of anilines is 1. The molecule has 0 aromatic heterocycles. The predicted octanol–water partition coefficient (Wildman–Crippen LogP) is 2.70. The van der Waals surface area contributed by atoms with E-state index in [0.717, 1.165) is 19.4 Å². The highest BCUT2D eigenvalue weighted by molar-refractivity contribution is 5.71. The van der Waals surface area contributed by atoms with E-state index in [2.05, 4.69) is 36.9 Å². The molecule has 1 aliphatic heterocycles. The van der Waals surface area contributed by atoms with Crippen LogP contribution in [0.4, 0.5) is 5.69 Å². The molecule has 2 rings (SSSR count). The Kier molecular flexibility index (Phi) is 3.90. The number of methoxy groups -OCH3 is 1. The molecule has 1 heterocycles. The molecule has 1 atom stereocenters. The van der Waals surface area contributed by atoms with E-state index in [1.165, 1.54) is 23.9 Å². The van der Waals surface area contributed by atoms with E-state index < -0.39 is 0 Å². The van der Waals surface area contributed by atoms with Crippen molar-refractivity contribution in [1.82, 2.24) is 0 Å². The van der Waals surface area contributed by atoms with Gasteiger partial charge in [0.15, 0.2) is 0 Å². The van der Waals surface area contributed by atoms with Gasteiger partial charge in [0.25, 0.3) is 0 Å². The van der Waals surface area contributed by atoms with Crippen molar-refractivity contribution in [2.75, 3.05) is 18.6 Å². The van der Waals surface area contributed by atoms with E-state index in [4.69, 9.17) is 4.74 Å². The smallest absolute Gasteiger partial charge is 0.307 e. The molecule has 0 spiro atoms. The van der Waals surface area contributed by atoms with Gasteiger partial charge in [-0.25, -0.2) is 0 Å². The van der Waals surface area contributed by atoms with Gasteiger partial charge in [0.2, 0.25) is 0 Å². The standard InChI is InChI=1S/C15H21NO2/c1-11-6-7-14-13(9-11)5-4-8-16(14)12(2)10-15(17)18-3/h6-7,9,12H,4-5,8,10H2,1-3H3. The summed E-state index contributed by atoms with van der Waals surface area (Å²) >= 11 is 0. The van der Waals surface area contributed by atoms with Crippen LogP contribution >= 0.6 is 0 Å². The summed E-state index contributed by atoms with van der Waals surface area (Å²) in [7, 11) is 1.45. The Hall–Kier alpha value is -1.51. The van der Waals surface area contributed by atoms with Gasteiger partial charge in [-0.05, 0) is 38.3 Å². The molecule has 18 heavy (non-hydrogen) atoms. The minimum atomic E-state index is -0.137. The summed E-state index contributed by atoms with van der Waals surface area (Å²) < 4.78 is 4.75. The normalized spacial score (nSPS) is 16.1. The van der Waals surface area contributed by atoms with Crippen LogP contribution in [0.2, 0.25) is 0 Å². The molecule has 0 fully saturated rings. The lowest BCUT2D eigenvalue weighted by Gasteiger charge is -2.36. The highest BCUT2D eigenvalue weighted by Crippen LogP contribution is 2.30. The van der Waals surface area contributed by atoms with Crippen LogP contribution < -0.4 is 4.90 Å². The SMILES string of the molecule is COC(=O)CC(C)N1CCCc2cc(C)ccc21. The van der Waals surface area contributed by atoms with Crippen LogP contribution in [0, 0.1) is 6.92 Å². The maximum absolute atomic E-state index is 11.4. The first-order valence-corrected chi connectivity index (χ1v) is 6.55. The van der Waals surface area contributed by atoms with Crippen molar-refractivity contribution < 1.29 is 9.53 Å². The number of esters is 1. The van der Waals surface area contributed by atoms with Crippen LogP contribution in [0.5, 0.6) is 0 Å². The number of ether oxygens (including phenoxy) is 1. The Morgan fingerprint density at radius 2 is 2.28 bits per heavy atom. The topological polar surface area (TPSA) is 29.5 Å². The third-order valence-electron chi connectivity index (χ3n) is 3.61. The Morgan fingerprint density at radius 3 is 3.00 bits per heavy atom. The summed E-state index contributed by atoms with van der Waals surface area (Å²) in [5, 5.41) is 0. The maximum atomic E-state index is 11.4. The van der Waals surface area contributed by atoms with Gasteiger partial charge in [-0.15, -0.1) is 0 Å². The van der Waals surface area contributed by atoms with E-state index in [-0.39, 0.29) is 12.0 Å². The molecule has 3 nitrogen and oxygen atoms in total. The molecule has 3 heteroatoms. The molecule has 98 valence electrons. The second-order valence-corrected chi connectivity index (χ2v) is 5.06. The van der Waals surface area contributed by atoms with Gasteiger partial charge in [0, 0.05) is 18.3 Å². The largest absolute Gasteiger partial charge is 0.469 e. The molecule has 0 saturated heterocycles. The van der Waals surface area contributed by atoms with E-state index in [0.29, 0.717) is 6.42 Å². The molecule has 1 aromatic rings. The van der Waals surface area contributed by atoms with Crippen molar-refractivity contribution in [2.24, 2.45) is 0 Å². The van der Waals surface area contributed by atoms with E-state index in [1.807, 2.05) is 0 Å². The minimum Gasteiger partial charge on any atom is -0.469 e. The van der Waals surface area contributed by atoms with Gasteiger partial charge in [0.1, 0.15) is 0 Å². The van der Waals surface area contributed by atoms with Gasteiger partial charge in [-0.3, -0.25) is 4.79 Å². The quantitative estimate of drug-likeness (QED) is 0.769. The maximum Gasteiger partial charge on any atom is 0.307 e. The fourth-order valence-electron chi connectivity index (χ4n) is 2.65. The first-order valence-electron chi connectivity index (χ1n) is 6.55. The molecule has 1 unspecified atom stereocenters. The van der Waals surface area contributed by atoms with Crippen LogP contribution in [0.1, 0.15) is 30.9 Å². The van der Waals surface area contributed by atoms with Crippen LogP contribution in [0.15, 0.2) is 18.2 Å². The molecule has 0 bridgehead atoms. The number of carbonyl (C=O) groups is 1. The van der Waals surface area contributed by atoms with Gasteiger partial charge < -0.3 is 9.64 Å². The van der Waals surface area contributed by atoms with Crippen LogP contribution in [-0.2, 0) is 16.0 Å². The molecular weight excluding hydrogens is 226 g/mol. The number of rotatable bonds is 3. The minimum absolute atomic E-state index is 0.137. The average molecular weight is 247 g/mol. The fraction of sp³-hybridized carbons (Fsp3) is 0.533. The van der Waals surface area contributed by atoms with Crippen LogP contribution in [0.25, 0.3) is 0 Å². The van der Waals surface area contributed by atoms with Gasteiger partial charge in [-0.1, -0.05) is 17.7 Å². The Balaban J connectivity index is 2.19. The summed E-state index contributed by atoms with van der Waals surface area (Å²) in [5.41, 5.74) is 3.98. The third kappa shape index (κ3) is 2.66. The van der Waals surface area contributed by atoms with Gasteiger partial charge in [-0.2, -0.15) is 0 Å². The molecule has 1 aromatic carbocycles. The molecular formula is C15H21NO2. The molecule has 0 aliphatic carbocycles. The average Bonchev–Trinajstić information content (AvgIpc) is 2.37. The third-order valence-corrected chi connectivity index (χ3v) is 3.61.